The molecule has 1 aliphatic heterocycles. The van der Waals surface area contributed by atoms with Gasteiger partial charge in [-0.15, -0.1) is 0 Å². The van der Waals surface area contributed by atoms with Crippen LogP contribution in [0, 0.1) is 0 Å². The van der Waals surface area contributed by atoms with Gasteiger partial charge in [0.25, 0.3) is 5.91 Å². The molecule has 1 saturated heterocycles. The zero-order valence-corrected chi connectivity index (χ0v) is 11.6. The third kappa shape index (κ3) is 2.71. The van der Waals surface area contributed by atoms with Gasteiger partial charge in [0.1, 0.15) is 0 Å². The molecule has 1 aliphatic rings. The van der Waals surface area contributed by atoms with Gasteiger partial charge >= 0.3 is 0 Å². The van der Waals surface area contributed by atoms with Crippen molar-refractivity contribution in [3.8, 4) is 0 Å². The first-order chi connectivity index (χ1) is 7.88. The number of nitrogens with zero attached hydrogens (tertiary/aromatic N) is 1. The van der Waals surface area contributed by atoms with E-state index in [0.29, 0.717) is 17.6 Å². The molecule has 0 saturated carbocycles. The van der Waals surface area contributed by atoms with E-state index in [1.807, 2.05) is 0 Å². The lowest BCUT2D eigenvalue weighted by Crippen LogP contribution is -2.31. The fraction of sp³-hybridized carbons (Fsp3) is 0.500. The monoisotopic (exact) mass is 321 g/mol. The van der Waals surface area contributed by atoms with E-state index in [9.17, 15) is 13.2 Å². The van der Waals surface area contributed by atoms with Crippen LogP contribution in [0.5, 0.6) is 0 Å². The number of rotatable bonds is 2. The van der Waals surface area contributed by atoms with Crippen LogP contribution < -0.4 is 0 Å². The van der Waals surface area contributed by atoms with Gasteiger partial charge in [0.15, 0.2) is 20.3 Å². The Bertz CT molecular complexity index is 536. The average molecular weight is 322 g/mol. The van der Waals surface area contributed by atoms with Gasteiger partial charge in [0.2, 0.25) is 0 Å². The summed E-state index contributed by atoms with van der Waals surface area (Å²) in [6.07, 6.45) is 1.70. The number of hydrogen-bond acceptors (Lipinski definition) is 4. The van der Waals surface area contributed by atoms with Crippen LogP contribution in [0.2, 0.25) is 0 Å². The minimum Gasteiger partial charge on any atom is -0.444 e. The van der Waals surface area contributed by atoms with Crippen LogP contribution in [0.15, 0.2) is 21.2 Å². The number of carbonyl (C=O) groups is 1. The van der Waals surface area contributed by atoms with Gasteiger partial charge in [-0.2, -0.15) is 0 Å². The van der Waals surface area contributed by atoms with Gasteiger partial charge < -0.3 is 9.32 Å². The number of halogens is 1. The fourth-order valence-corrected chi connectivity index (χ4v) is 3.14. The molecule has 1 atom stereocenters. The van der Waals surface area contributed by atoms with E-state index < -0.39 is 15.1 Å². The maximum Gasteiger partial charge on any atom is 0.289 e. The highest BCUT2D eigenvalue weighted by Crippen LogP contribution is 2.21. The van der Waals surface area contributed by atoms with Gasteiger partial charge in [-0.3, -0.25) is 4.79 Å². The molecule has 0 bridgehead atoms. The summed E-state index contributed by atoms with van der Waals surface area (Å²) in [4.78, 5) is 13.5. The first kappa shape index (κ1) is 12.6. The third-order valence-corrected chi connectivity index (χ3v) is 4.84. The van der Waals surface area contributed by atoms with Gasteiger partial charge in [-0.05, 0) is 34.5 Å². The molecule has 2 rings (SSSR count). The quantitative estimate of drug-likeness (QED) is 0.823. The van der Waals surface area contributed by atoms with Crippen molar-refractivity contribution in [1.29, 1.82) is 0 Å². The normalized spacial score (nSPS) is 20.8. The Morgan fingerprint density at radius 3 is 2.71 bits per heavy atom. The molecular formula is C10H12BrNO4S. The molecule has 2 heterocycles. The number of likely N-dealkylation sites (tertiary alicyclic amines) is 1. The SMILES string of the molecule is CS(=O)(=O)[C@@H]1CCN(C(=O)c2ccc(Br)o2)C1. The van der Waals surface area contributed by atoms with E-state index in [2.05, 4.69) is 15.9 Å². The second-order valence-corrected chi connectivity index (χ2v) is 7.20. The minimum absolute atomic E-state index is 0.228. The van der Waals surface area contributed by atoms with Crippen molar-refractivity contribution in [2.24, 2.45) is 0 Å². The summed E-state index contributed by atoms with van der Waals surface area (Å²) in [6, 6.07) is 3.21. The van der Waals surface area contributed by atoms with Gasteiger partial charge in [-0.25, -0.2) is 8.42 Å². The predicted octanol–water partition coefficient (Wildman–Crippen LogP) is 1.30. The van der Waals surface area contributed by atoms with Crippen LogP contribution in [0.4, 0.5) is 0 Å². The van der Waals surface area contributed by atoms with Gasteiger partial charge in [0, 0.05) is 19.3 Å². The summed E-state index contributed by atoms with van der Waals surface area (Å²) in [6.45, 7) is 0.699. The van der Waals surface area contributed by atoms with E-state index in [1.165, 1.54) is 11.2 Å². The zero-order valence-electron chi connectivity index (χ0n) is 9.22. The lowest BCUT2D eigenvalue weighted by molar-refractivity contribution is 0.0760. The molecule has 0 unspecified atom stereocenters. The number of amides is 1. The second kappa shape index (κ2) is 4.45. The Kier molecular flexibility index (Phi) is 3.31. The Labute approximate surface area is 108 Å². The van der Waals surface area contributed by atoms with Crippen molar-refractivity contribution < 1.29 is 17.6 Å². The zero-order chi connectivity index (χ0) is 12.6. The number of hydrogen-bond donors (Lipinski definition) is 0. The average Bonchev–Trinajstić information content (AvgIpc) is 2.83. The Hall–Kier alpha value is -0.820. The molecule has 7 heteroatoms. The number of carbonyl (C=O) groups excluding carboxylic acids is 1. The fourth-order valence-electron chi connectivity index (χ4n) is 1.85. The molecule has 0 N–H and O–H groups in total. The van der Waals surface area contributed by atoms with Crippen LogP contribution in [-0.2, 0) is 9.84 Å². The summed E-state index contributed by atoms with van der Waals surface area (Å²) in [5, 5.41) is -0.454. The largest absolute Gasteiger partial charge is 0.444 e. The van der Waals surface area contributed by atoms with Crippen molar-refractivity contribution >= 4 is 31.7 Å². The van der Waals surface area contributed by atoms with Crippen molar-refractivity contribution in [3.63, 3.8) is 0 Å². The first-order valence-electron chi connectivity index (χ1n) is 5.11. The molecule has 5 nitrogen and oxygen atoms in total. The molecule has 1 fully saturated rings. The highest BCUT2D eigenvalue weighted by atomic mass is 79.9. The van der Waals surface area contributed by atoms with Crippen LogP contribution >= 0.6 is 15.9 Å². The maximum absolute atomic E-state index is 11.9. The molecule has 0 spiro atoms. The van der Waals surface area contributed by atoms with Crippen molar-refractivity contribution in [2.75, 3.05) is 19.3 Å². The minimum atomic E-state index is -3.08. The van der Waals surface area contributed by atoms with Gasteiger partial charge in [-0.1, -0.05) is 0 Å². The second-order valence-electron chi connectivity index (χ2n) is 4.10. The number of sulfone groups is 1. The molecular weight excluding hydrogens is 310 g/mol. The standard InChI is InChI=1S/C10H12BrNO4S/c1-17(14,15)7-4-5-12(6-7)10(13)8-2-3-9(11)16-8/h2-3,7H,4-6H2,1H3/t7-/m1/s1. The maximum atomic E-state index is 11.9. The molecule has 1 aromatic heterocycles. The highest BCUT2D eigenvalue weighted by Gasteiger charge is 2.33. The summed E-state index contributed by atoms with van der Waals surface area (Å²) in [7, 11) is -3.08. The van der Waals surface area contributed by atoms with E-state index in [0.717, 1.165) is 0 Å². The topological polar surface area (TPSA) is 67.6 Å². The van der Waals surface area contributed by atoms with Crippen LogP contribution in [0.1, 0.15) is 17.0 Å². The Balaban J connectivity index is 2.09. The highest BCUT2D eigenvalue weighted by molar-refractivity contribution is 9.10. The summed E-state index contributed by atoms with van der Waals surface area (Å²) >= 11 is 3.12. The molecule has 0 aromatic carbocycles. The van der Waals surface area contributed by atoms with E-state index >= 15 is 0 Å². The van der Waals surface area contributed by atoms with Crippen molar-refractivity contribution in [2.45, 2.75) is 11.7 Å². The molecule has 0 radical (unpaired) electrons. The van der Waals surface area contributed by atoms with E-state index in [-0.39, 0.29) is 18.2 Å². The molecule has 1 aromatic rings. The van der Waals surface area contributed by atoms with E-state index in [4.69, 9.17) is 4.42 Å². The summed E-state index contributed by atoms with van der Waals surface area (Å²) in [5.41, 5.74) is 0. The van der Waals surface area contributed by atoms with Crippen molar-refractivity contribution in [1.82, 2.24) is 4.90 Å². The molecule has 94 valence electrons. The third-order valence-electron chi connectivity index (χ3n) is 2.82. The summed E-state index contributed by atoms with van der Waals surface area (Å²) < 4.78 is 28.4. The summed E-state index contributed by atoms with van der Waals surface area (Å²) in [5.74, 6) is -0.0344. The number of furan rings is 1. The van der Waals surface area contributed by atoms with Crippen LogP contribution in [0.25, 0.3) is 0 Å². The Morgan fingerprint density at radius 2 is 2.24 bits per heavy atom. The molecule has 17 heavy (non-hydrogen) atoms. The first-order valence-corrected chi connectivity index (χ1v) is 7.86. The lowest BCUT2D eigenvalue weighted by Gasteiger charge is -2.14. The molecule has 0 aliphatic carbocycles. The van der Waals surface area contributed by atoms with Crippen molar-refractivity contribution in [3.05, 3.63) is 22.6 Å². The smallest absolute Gasteiger partial charge is 0.289 e. The van der Waals surface area contributed by atoms with Crippen LogP contribution in [0.3, 0.4) is 0 Å². The molecule has 1 amide bonds. The van der Waals surface area contributed by atoms with E-state index in [1.54, 1.807) is 12.1 Å². The lowest BCUT2D eigenvalue weighted by atomic mass is 10.4. The van der Waals surface area contributed by atoms with Crippen LogP contribution in [-0.4, -0.2) is 43.8 Å². The Morgan fingerprint density at radius 1 is 1.53 bits per heavy atom. The predicted molar refractivity (Wildman–Crippen MR) is 65.6 cm³/mol. The van der Waals surface area contributed by atoms with Gasteiger partial charge in [0.05, 0.1) is 5.25 Å².